The Kier molecular flexibility index (Phi) is 18.6. The molecule has 0 radical (unpaired) electrons. The Hall–Kier alpha value is -18.0. The highest BCUT2D eigenvalue weighted by molar-refractivity contribution is 6.21. The van der Waals surface area contributed by atoms with E-state index in [0.717, 1.165) is 116 Å². The van der Waals surface area contributed by atoms with Gasteiger partial charge in [-0.25, -0.2) is 19.9 Å². The lowest BCUT2D eigenvalue weighted by molar-refractivity contribution is 0.953. The van der Waals surface area contributed by atoms with Gasteiger partial charge in [-0.3, -0.25) is 18.3 Å². The van der Waals surface area contributed by atoms with Crippen LogP contribution in [0.25, 0.3) is 233 Å². The third-order valence-corrected chi connectivity index (χ3v) is 25.8. The minimum absolute atomic E-state index is 0.579. The van der Waals surface area contributed by atoms with Crippen molar-refractivity contribution < 1.29 is 0 Å². The average Bonchev–Trinajstić information content (AvgIpc) is 1.58. The minimum Gasteiger partial charge on any atom is -0.309 e. The van der Waals surface area contributed by atoms with Crippen molar-refractivity contribution in [3.63, 3.8) is 0 Å². The van der Waals surface area contributed by atoms with Crippen LogP contribution in [0.2, 0.25) is 0 Å². The maximum Gasteiger partial charge on any atom is 0.238 e. The SMILES string of the molecule is c1ccc(-c2ccc(-n3c4ccccc4c4cc(-c5cccc6c5c5cccnc5n6-c5ccccc5)ccc43)cc2)cc1.c1ccc(-c2nc(-c3ccccc3)nc(-n3c4ccccc4c4cc(-c5cccc6c5c5cccnc5n6-c5ccccc5)ccc43)n2)cc1.c1ccc(-n2c3ccccc3c3cc(-c4cccc5c4c4cccnc4n5-c4ccccc4)ccc32)cc1. The van der Waals surface area contributed by atoms with Gasteiger partial charge in [0, 0.05) is 123 Å². The molecule has 618 valence electrons. The zero-order valence-electron chi connectivity index (χ0n) is 71.4. The molecule has 0 saturated carbocycles. The van der Waals surface area contributed by atoms with Crippen LogP contribution >= 0.6 is 0 Å². The Labute approximate surface area is 758 Å². The van der Waals surface area contributed by atoms with Crippen LogP contribution in [-0.4, -0.2) is 57.3 Å². The second-order valence-corrected chi connectivity index (χ2v) is 33.3. The van der Waals surface area contributed by atoms with Gasteiger partial charge >= 0.3 is 0 Å². The van der Waals surface area contributed by atoms with Crippen molar-refractivity contribution in [2.45, 2.75) is 0 Å². The molecule has 27 aromatic rings. The number of fused-ring (bicyclic) bond motifs is 18. The number of nitrogens with zero attached hydrogens (tertiary/aromatic N) is 12. The van der Waals surface area contributed by atoms with E-state index in [2.05, 4.69) is 397 Å². The molecule has 12 nitrogen and oxygen atoms in total. The lowest BCUT2D eigenvalue weighted by atomic mass is 9.98. The monoisotopic (exact) mass is 1690 g/mol. The summed E-state index contributed by atoms with van der Waals surface area (Å²) in [6, 6.07) is 161. The summed E-state index contributed by atoms with van der Waals surface area (Å²) in [7, 11) is 0. The smallest absolute Gasteiger partial charge is 0.238 e. The van der Waals surface area contributed by atoms with E-state index >= 15 is 0 Å². The topological polar surface area (TPSA) is 107 Å². The van der Waals surface area contributed by atoms with E-state index in [4.69, 9.17) is 29.9 Å². The Bertz CT molecular complexity index is 9060. The summed E-state index contributed by atoms with van der Waals surface area (Å²) in [6.07, 6.45) is 5.63. The van der Waals surface area contributed by atoms with E-state index in [1.807, 2.05) is 104 Å². The van der Waals surface area contributed by atoms with Crippen LogP contribution in [-0.2, 0) is 0 Å². The van der Waals surface area contributed by atoms with Gasteiger partial charge in [0.05, 0.1) is 49.7 Å². The van der Waals surface area contributed by atoms with Crippen molar-refractivity contribution in [3.8, 4) is 102 Å². The summed E-state index contributed by atoms with van der Waals surface area (Å²) in [5.74, 6) is 1.84. The van der Waals surface area contributed by atoms with E-state index in [0.29, 0.717) is 17.6 Å². The molecule has 0 N–H and O–H groups in total. The molecule has 0 atom stereocenters. The van der Waals surface area contributed by atoms with Crippen molar-refractivity contribution in [3.05, 3.63) is 474 Å². The summed E-state index contributed by atoms with van der Waals surface area (Å²) >= 11 is 0. The second-order valence-electron chi connectivity index (χ2n) is 33.3. The molecule has 0 aliphatic rings. The van der Waals surface area contributed by atoms with Gasteiger partial charge in [-0.15, -0.1) is 0 Å². The number of rotatable bonds is 12. The lowest BCUT2D eigenvalue weighted by Gasteiger charge is -2.11. The molecule has 0 amide bonds. The fourth-order valence-electron chi connectivity index (χ4n) is 20.0. The quantitative estimate of drug-likeness (QED) is 0.121. The summed E-state index contributed by atoms with van der Waals surface area (Å²) in [5.41, 5.74) is 30.3. The van der Waals surface area contributed by atoms with Gasteiger partial charge < -0.3 is 9.13 Å². The van der Waals surface area contributed by atoms with Gasteiger partial charge in [0.15, 0.2) is 11.6 Å². The molecule has 10 aromatic heterocycles. The van der Waals surface area contributed by atoms with Crippen LogP contribution in [0.1, 0.15) is 0 Å². The van der Waals surface area contributed by atoms with E-state index in [1.54, 1.807) is 0 Å². The zero-order valence-corrected chi connectivity index (χ0v) is 71.4. The highest BCUT2D eigenvalue weighted by Gasteiger charge is 2.26. The van der Waals surface area contributed by atoms with Crippen molar-refractivity contribution in [1.29, 1.82) is 0 Å². The molecular weight excluding hydrogens is 1610 g/mol. The Morgan fingerprint density at radius 1 is 0.152 bits per heavy atom. The van der Waals surface area contributed by atoms with E-state index in [-0.39, 0.29) is 0 Å². The highest BCUT2D eigenvalue weighted by Crippen LogP contribution is 2.46. The number of hydrogen-bond donors (Lipinski definition) is 0. The Balaban J connectivity index is 0.000000107. The Morgan fingerprint density at radius 3 is 0.765 bits per heavy atom. The lowest BCUT2D eigenvalue weighted by Crippen LogP contribution is -2.06. The van der Waals surface area contributed by atoms with Gasteiger partial charge in [0.1, 0.15) is 16.9 Å². The molecule has 132 heavy (non-hydrogen) atoms. The van der Waals surface area contributed by atoms with Crippen molar-refractivity contribution in [2.75, 3.05) is 0 Å². The average molecular weight is 1690 g/mol. The maximum atomic E-state index is 5.09. The maximum absolute atomic E-state index is 5.09. The van der Waals surface area contributed by atoms with Gasteiger partial charge in [-0.2, -0.15) is 9.97 Å². The molecule has 0 spiro atoms. The van der Waals surface area contributed by atoms with Gasteiger partial charge in [-0.1, -0.05) is 285 Å². The third kappa shape index (κ3) is 12.9. The zero-order chi connectivity index (χ0) is 87.1. The minimum atomic E-state index is 0.579. The number of pyridine rings is 3. The van der Waals surface area contributed by atoms with Crippen LogP contribution in [0, 0.1) is 0 Å². The first kappa shape index (κ1) is 76.4. The van der Waals surface area contributed by atoms with Crippen LogP contribution in [0.15, 0.2) is 474 Å². The predicted octanol–water partition coefficient (Wildman–Crippen LogP) is 30.0. The van der Waals surface area contributed by atoms with Crippen molar-refractivity contribution in [1.82, 2.24) is 57.3 Å². The molecule has 0 fully saturated rings. The molecule has 27 rings (SSSR count). The number of para-hydroxylation sites is 7. The second kappa shape index (κ2) is 32.1. The number of aromatic nitrogens is 12. The third-order valence-electron chi connectivity index (χ3n) is 25.8. The van der Waals surface area contributed by atoms with Crippen LogP contribution in [0.4, 0.5) is 0 Å². The van der Waals surface area contributed by atoms with Gasteiger partial charge in [0.25, 0.3) is 0 Å². The molecule has 0 aliphatic heterocycles. The van der Waals surface area contributed by atoms with E-state index < -0.39 is 0 Å². The number of hydrogen-bond acceptors (Lipinski definition) is 6. The molecule has 10 heterocycles. The first-order chi connectivity index (χ1) is 65.5. The normalized spacial score (nSPS) is 11.6. The molecule has 0 saturated heterocycles. The fraction of sp³-hybridized carbons (Fsp3) is 0. The summed E-state index contributed by atoms with van der Waals surface area (Å²) in [6.45, 7) is 0. The summed E-state index contributed by atoms with van der Waals surface area (Å²) < 4.78 is 13.7. The summed E-state index contributed by atoms with van der Waals surface area (Å²) in [4.78, 5) is 29.6. The van der Waals surface area contributed by atoms with Crippen molar-refractivity contribution in [2.24, 2.45) is 0 Å². The first-order valence-corrected chi connectivity index (χ1v) is 44.6. The molecule has 0 unspecified atom stereocenters. The largest absolute Gasteiger partial charge is 0.309 e. The van der Waals surface area contributed by atoms with Gasteiger partial charge in [-0.05, 0) is 214 Å². The fourth-order valence-corrected chi connectivity index (χ4v) is 20.0. The highest BCUT2D eigenvalue weighted by atomic mass is 15.2. The van der Waals surface area contributed by atoms with Crippen molar-refractivity contribution >= 4 is 131 Å². The first-order valence-electron chi connectivity index (χ1n) is 44.6. The van der Waals surface area contributed by atoms with Crippen LogP contribution < -0.4 is 0 Å². The molecule has 12 heteroatoms. The van der Waals surface area contributed by atoms with Crippen LogP contribution in [0.5, 0.6) is 0 Å². The molecule has 17 aromatic carbocycles. The standard InChI is InChI=1S/C44H28N6.C41H27N3.C35H23N3/c1-4-14-29(15-5-1)41-46-42(30-16-6-2-7-17-30)48-44(47-41)50-37-23-11-10-20-34(37)36-28-31(25-26-38(36)50)33-21-12-24-39-40(33)35-22-13-27-45-43(35)49(39)32-18-8-3-9-19-32;1-3-11-28(12-4-1)29-20-23-32(24-21-29)43-37-18-8-7-15-34(37)36-27-30(22-25-38(36)43)33-16-9-19-39-40(33)35-17-10-26-42-41(35)44(39)31-13-5-2-6-14-31;1-3-11-25(12-4-1)37-31-18-8-7-15-28(31)30-23-24(20-21-32(30)37)27-16-9-19-33-34(27)29-17-10-22-36-35(29)38(33)26-13-5-2-6-14-26/h1-28H;1-27H;1-23H. The molecule has 0 aliphatic carbocycles. The van der Waals surface area contributed by atoms with Crippen LogP contribution in [0.3, 0.4) is 0 Å². The van der Waals surface area contributed by atoms with E-state index in [9.17, 15) is 0 Å². The molecule has 0 bridgehead atoms. The Morgan fingerprint density at radius 2 is 0.409 bits per heavy atom. The summed E-state index contributed by atoms with van der Waals surface area (Å²) in [5, 5.41) is 14.3. The predicted molar refractivity (Wildman–Crippen MR) is 545 cm³/mol. The number of benzene rings is 17. The molecular formula is C120H78N12. The van der Waals surface area contributed by atoms with E-state index in [1.165, 1.54) is 98.8 Å². The van der Waals surface area contributed by atoms with Gasteiger partial charge in [0.2, 0.25) is 5.95 Å².